The molecule has 0 atom stereocenters. The summed E-state index contributed by atoms with van der Waals surface area (Å²) in [4.78, 5) is 6.78. The molecule has 0 radical (unpaired) electrons. The lowest BCUT2D eigenvalue weighted by atomic mass is 9.99. The maximum absolute atomic E-state index is 6.09. The van der Waals surface area contributed by atoms with Crippen molar-refractivity contribution in [3.63, 3.8) is 0 Å². The first-order valence-corrected chi connectivity index (χ1v) is 16.5. The lowest BCUT2D eigenvalue weighted by molar-refractivity contribution is 0.654. The molecule has 0 spiro atoms. The van der Waals surface area contributed by atoms with E-state index in [1.807, 2.05) is 18.2 Å². The van der Waals surface area contributed by atoms with Gasteiger partial charge in [-0.1, -0.05) is 91.0 Å². The van der Waals surface area contributed by atoms with Crippen LogP contribution in [-0.4, -0.2) is 9.55 Å². The Kier molecular flexibility index (Phi) is 6.15. The van der Waals surface area contributed by atoms with Crippen LogP contribution in [0.25, 0.3) is 71.5 Å². The van der Waals surface area contributed by atoms with Crippen LogP contribution >= 0.6 is 0 Å². The molecule has 7 aromatic carbocycles. The Labute approximate surface area is 282 Å². The van der Waals surface area contributed by atoms with E-state index in [1.165, 1.54) is 32.6 Å². The number of aromatic nitrogens is 2. The van der Waals surface area contributed by atoms with E-state index in [2.05, 4.69) is 166 Å². The van der Waals surface area contributed by atoms with Crippen LogP contribution in [0.1, 0.15) is 0 Å². The quantitative estimate of drug-likeness (QED) is 0.190. The largest absolute Gasteiger partial charge is 0.438 e. The molecule has 0 aliphatic heterocycles. The Morgan fingerprint density at radius 1 is 0.490 bits per heavy atom. The zero-order valence-corrected chi connectivity index (χ0v) is 26.5. The number of benzene rings is 7. The molecule has 49 heavy (non-hydrogen) atoms. The van der Waals surface area contributed by atoms with E-state index >= 15 is 0 Å². The lowest BCUT2D eigenvalue weighted by Crippen LogP contribution is -2.10. The first kappa shape index (κ1) is 27.5. The summed E-state index contributed by atoms with van der Waals surface area (Å²) < 4.78 is 8.49. The highest BCUT2D eigenvalue weighted by atomic mass is 16.3. The molecule has 4 heteroatoms. The topological polar surface area (TPSA) is 34.2 Å². The predicted octanol–water partition coefficient (Wildman–Crippen LogP) is 12.4. The molecule has 0 bridgehead atoms. The van der Waals surface area contributed by atoms with Crippen LogP contribution in [0, 0.1) is 0 Å². The number of anilines is 3. The summed E-state index contributed by atoms with van der Waals surface area (Å²) >= 11 is 0. The van der Waals surface area contributed by atoms with E-state index in [4.69, 9.17) is 4.42 Å². The molecule has 0 aliphatic rings. The third kappa shape index (κ3) is 4.42. The van der Waals surface area contributed by atoms with E-state index in [-0.39, 0.29) is 0 Å². The molecular formula is C45H29N3O. The minimum Gasteiger partial charge on any atom is -0.438 e. The van der Waals surface area contributed by atoms with Crippen molar-refractivity contribution >= 4 is 71.7 Å². The van der Waals surface area contributed by atoms with Crippen LogP contribution < -0.4 is 4.90 Å². The molecule has 3 heterocycles. The van der Waals surface area contributed by atoms with Crippen molar-refractivity contribution in [1.29, 1.82) is 0 Å². The van der Waals surface area contributed by atoms with Gasteiger partial charge >= 0.3 is 0 Å². The average molecular weight is 628 g/mol. The highest BCUT2D eigenvalue weighted by Gasteiger charge is 2.18. The molecule has 0 saturated carbocycles. The fourth-order valence-electron chi connectivity index (χ4n) is 7.42. The molecule has 0 aliphatic carbocycles. The molecule has 0 fully saturated rings. The zero-order valence-electron chi connectivity index (χ0n) is 26.5. The Morgan fingerprint density at radius 2 is 1.20 bits per heavy atom. The fraction of sp³-hybridized carbons (Fsp3) is 0. The van der Waals surface area contributed by atoms with Crippen molar-refractivity contribution in [2.24, 2.45) is 0 Å². The summed E-state index contributed by atoms with van der Waals surface area (Å²) in [5.41, 5.74) is 10.5. The first-order chi connectivity index (χ1) is 24.3. The molecule has 0 saturated heterocycles. The van der Waals surface area contributed by atoms with E-state index in [9.17, 15) is 0 Å². The highest BCUT2D eigenvalue weighted by Crippen LogP contribution is 2.41. The SMILES string of the molecule is c1ccc(N(c2ccc(-c3cccc4oc5ncccc5c34)cc2)c2cccc(-n3c4ccccc4c4cc5ccccc5cc43)c2)cc1. The minimum atomic E-state index is 0.660. The van der Waals surface area contributed by atoms with Gasteiger partial charge in [0.2, 0.25) is 5.71 Å². The number of hydrogen-bond donors (Lipinski definition) is 0. The normalized spacial score (nSPS) is 11.7. The maximum Gasteiger partial charge on any atom is 0.227 e. The molecule has 4 nitrogen and oxygen atoms in total. The average Bonchev–Trinajstić information content (AvgIpc) is 3.70. The Morgan fingerprint density at radius 3 is 2.08 bits per heavy atom. The number of furan rings is 1. The maximum atomic E-state index is 6.09. The standard InChI is InChI=1S/C45H29N3O/c1-2-13-33(14-3-1)47(34-24-22-30(23-25-34)37-18-9-21-43-44(37)39-19-10-26-46-45(39)49-43)35-15-8-16-36(29-35)48-41-20-7-6-17-38(41)40-27-31-11-4-5-12-32(31)28-42(40)48/h1-29H. The van der Waals surface area contributed by atoms with Gasteiger partial charge in [0, 0.05) is 50.5 Å². The monoisotopic (exact) mass is 627 g/mol. The summed E-state index contributed by atoms with van der Waals surface area (Å²) in [5.74, 6) is 0. The molecule has 0 amide bonds. The Bertz CT molecular complexity index is 2830. The minimum absolute atomic E-state index is 0.660. The summed E-state index contributed by atoms with van der Waals surface area (Å²) in [6.45, 7) is 0. The zero-order chi connectivity index (χ0) is 32.3. The van der Waals surface area contributed by atoms with E-state index in [0.717, 1.165) is 50.2 Å². The van der Waals surface area contributed by atoms with Gasteiger partial charge in [-0.15, -0.1) is 0 Å². The number of rotatable bonds is 5. The third-order valence-corrected chi connectivity index (χ3v) is 9.61. The molecule has 0 unspecified atom stereocenters. The molecule has 0 N–H and O–H groups in total. The van der Waals surface area contributed by atoms with Crippen molar-refractivity contribution in [1.82, 2.24) is 9.55 Å². The number of para-hydroxylation sites is 2. The van der Waals surface area contributed by atoms with Gasteiger partial charge in [0.15, 0.2) is 0 Å². The van der Waals surface area contributed by atoms with Crippen molar-refractivity contribution in [2.75, 3.05) is 4.90 Å². The third-order valence-electron chi connectivity index (χ3n) is 9.61. The second kappa shape index (κ2) is 11.0. The lowest BCUT2D eigenvalue weighted by Gasteiger charge is -2.26. The van der Waals surface area contributed by atoms with Crippen LogP contribution in [0.5, 0.6) is 0 Å². The second-order valence-corrected chi connectivity index (χ2v) is 12.4. The van der Waals surface area contributed by atoms with Crippen molar-refractivity contribution < 1.29 is 4.42 Å². The van der Waals surface area contributed by atoms with E-state index in [1.54, 1.807) is 6.20 Å². The molecule has 230 valence electrons. The van der Waals surface area contributed by atoms with Crippen LogP contribution in [0.3, 0.4) is 0 Å². The van der Waals surface area contributed by atoms with Crippen molar-refractivity contribution in [2.45, 2.75) is 0 Å². The second-order valence-electron chi connectivity index (χ2n) is 12.4. The van der Waals surface area contributed by atoms with Crippen LogP contribution in [0.2, 0.25) is 0 Å². The van der Waals surface area contributed by atoms with Crippen LogP contribution in [-0.2, 0) is 0 Å². The Balaban J connectivity index is 1.12. The number of nitrogens with zero attached hydrogens (tertiary/aromatic N) is 3. The van der Waals surface area contributed by atoms with Gasteiger partial charge in [-0.2, -0.15) is 0 Å². The van der Waals surface area contributed by atoms with Gasteiger partial charge in [-0.25, -0.2) is 4.98 Å². The molecule has 10 aromatic rings. The van der Waals surface area contributed by atoms with Gasteiger partial charge in [0.1, 0.15) is 5.58 Å². The smallest absolute Gasteiger partial charge is 0.227 e. The van der Waals surface area contributed by atoms with Gasteiger partial charge in [0.25, 0.3) is 0 Å². The predicted molar refractivity (Wildman–Crippen MR) is 203 cm³/mol. The van der Waals surface area contributed by atoms with E-state index < -0.39 is 0 Å². The molecular weight excluding hydrogens is 599 g/mol. The number of fused-ring (bicyclic) bond motifs is 7. The fourth-order valence-corrected chi connectivity index (χ4v) is 7.42. The summed E-state index contributed by atoms with van der Waals surface area (Å²) in [6, 6.07) is 60.5. The van der Waals surface area contributed by atoms with Crippen LogP contribution in [0.4, 0.5) is 17.1 Å². The molecule has 3 aromatic heterocycles. The first-order valence-electron chi connectivity index (χ1n) is 16.5. The van der Waals surface area contributed by atoms with Crippen molar-refractivity contribution in [3.05, 3.63) is 176 Å². The van der Waals surface area contributed by atoms with Gasteiger partial charge < -0.3 is 13.9 Å². The highest BCUT2D eigenvalue weighted by molar-refractivity contribution is 6.14. The van der Waals surface area contributed by atoms with Crippen LogP contribution in [0.15, 0.2) is 180 Å². The number of pyridine rings is 1. The Hall–Kier alpha value is -6.65. The van der Waals surface area contributed by atoms with Gasteiger partial charge in [0.05, 0.1) is 11.0 Å². The van der Waals surface area contributed by atoms with E-state index in [0.29, 0.717) is 5.71 Å². The van der Waals surface area contributed by atoms with Gasteiger partial charge in [-0.05, 0) is 101 Å². The summed E-state index contributed by atoms with van der Waals surface area (Å²) in [5, 5.41) is 7.10. The number of hydrogen-bond acceptors (Lipinski definition) is 3. The van der Waals surface area contributed by atoms with Crippen molar-refractivity contribution in [3.8, 4) is 16.8 Å². The van der Waals surface area contributed by atoms with Gasteiger partial charge in [-0.3, -0.25) is 0 Å². The summed E-state index contributed by atoms with van der Waals surface area (Å²) in [6.07, 6.45) is 1.77. The molecule has 10 rings (SSSR count). The summed E-state index contributed by atoms with van der Waals surface area (Å²) in [7, 11) is 0.